The minimum Gasteiger partial charge on any atom is -0.497 e. The number of imidazole rings is 1. The van der Waals surface area contributed by atoms with Crippen LogP contribution in [0.15, 0.2) is 35.5 Å². The van der Waals surface area contributed by atoms with Crippen LogP contribution < -0.4 is 9.47 Å². The van der Waals surface area contributed by atoms with Gasteiger partial charge in [0.05, 0.1) is 24.8 Å². The van der Waals surface area contributed by atoms with E-state index in [0.717, 1.165) is 38.8 Å². The lowest BCUT2D eigenvalue weighted by Crippen LogP contribution is -2.12. The molecule has 0 aliphatic carbocycles. The quantitative estimate of drug-likeness (QED) is 0.698. The van der Waals surface area contributed by atoms with Gasteiger partial charge in [-0.25, -0.2) is 4.98 Å². The molecule has 0 amide bonds. The van der Waals surface area contributed by atoms with Crippen molar-refractivity contribution >= 4 is 34.4 Å². The van der Waals surface area contributed by atoms with Gasteiger partial charge in [-0.15, -0.1) is 0 Å². The van der Waals surface area contributed by atoms with Gasteiger partial charge in [-0.3, -0.25) is 0 Å². The Hall–Kier alpha value is -1.89. The zero-order valence-electron chi connectivity index (χ0n) is 13.0. The number of nitrogens with zero attached hydrogens (tertiary/aromatic N) is 1. The van der Waals surface area contributed by atoms with Crippen LogP contribution in [-0.2, 0) is 17.1 Å². The molecule has 1 aliphatic heterocycles. The molecule has 0 fully saturated rings. The highest BCUT2D eigenvalue weighted by Crippen LogP contribution is 2.35. The highest BCUT2D eigenvalue weighted by Gasteiger charge is 2.17. The molecule has 2 heterocycles. The summed E-state index contributed by atoms with van der Waals surface area (Å²) in [6, 6.07) is 9.60. The molecule has 1 aromatic heterocycles. The number of thioether (sulfide) groups is 1. The third-order valence-corrected chi connectivity index (χ3v) is 4.92. The van der Waals surface area contributed by atoms with E-state index in [1.807, 2.05) is 30.3 Å². The van der Waals surface area contributed by atoms with Gasteiger partial charge in [0.1, 0.15) is 11.5 Å². The Bertz CT molecular complexity index is 897. The van der Waals surface area contributed by atoms with Crippen LogP contribution >= 0.6 is 23.4 Å². The Kier molecular flexibility index (Phi) is 4.26. The summed E-state index contributed by atoms with van der Waals surface area (Å²) >= 11 is 7.81. The van der Waals surface area contributed by atoms with Gasteiger partial charge in [0.25, 0.3) is 0 Å². The van der Waals surface area contributed by atoms with Gasteiger partial charge in [0.15, 0.2) is 11.9 Å². The maximum Gasteiger partial charge on any atom is 0.189 e. The molecule has 0 atom stereocenters. The van der Waals surface area contributed by atoms with Crippen molar-refractivity contribution < 1.29 is 14.2 Å². The molecule has 0 spiro atoms. The highest BCUT2D eigenvalue weighted by atomic mass is 35.5. The van der Waals surface area contributed by atoms with E-state index in [-0.39, 0.29) is 6.79 Å². The van der Waals surface area contributed by atoms with E-state index in [0.29, 0.717) is 17.4 Å². The van der Waals surface area contributed by atoms with Gasteiger partial charge in [-0.2, -0.15) is 0 Å². The van der Waals surface area contributed by atoms with Gasteiger partial charge >= 0.3 is 0 Å². The van der Waals surface area contributed by atoms with Crippen LogP contribution in [0.3, 0.4) is 0 Å². The number of fused-ring (bicyclic) bond motifs is 2. The second kappa shape index (κ2) is 6.55. The monoisotopic (exact) mass is 362 g/mol. The molecule has 7 heteroatoms. The average molecular weight is 363 g/mol. The summed E-state index contributed by atoms with van der Waals surface area (Å²) in [5, 5.41) is 1.53. The molecule has 0 radical (unpaired) electrons. The maximum absolute atomic E-state index is 6.20. The molecule has 1 N–H and O–H groups in total. The van der Waals surface area contributed by atoms with E-state index in [4.69, 9.17) is 25.8 Å². The van der Waals surface area contributed by atoms with Crippen molar-refractivity contribution in [3.8, 4) is 11.5 Å². The predicted octanol–water partition coefficient (Wildman–Crippen LogP) is 4.38. The number of H-pyrrole nitrogens is 1. The lowest BCUT2D eigenvalue weighted by atomic mass is 10.1. The number of hydrogen-bond acceptors (Lipinski definition) is 5. The van der Waals surface area contributed by atoms with E-state index in [1.54, 1.807) is 18.9 Å². The molecule has 5 nitrogen and oxygen atoms in total. The fraction of sp³-hybridized carbons (Fsp3) is 0.235. The Morgan fingerprint density at radius 2 is 2.25 bits per heavy atom. The van der Waals surface area contributed by atoms with E-state index in [1.165, 1.54) is 0 Å². The van der Waals surface area contributed by atoms with E-state index in [9.17, 15) is 0 Å². The van der Waals surface area contributed by atoms with Crippen LogP contribution in [0.1, 0.15) is 11.1 Å². The molecule has 3 aromatic rings. The van der Waals surface area contributed by atoms with Crippen molar-refractivity contribution in [2.24, 2.45) is 0 Å². The molecule has 1 aliphatic rings. The summed E-state index contributed by atoms with van der Waals surface area (Å²) in [6.45, 7) is 0.800. The summed E-state index contributed by atoms with van der Waals surface area (Å²) in [7, 11) is 1.65. The Labute approximate surface area is 148 Å². The maximum atomic E-state index is 6.20. The topological polar surface area (TPSA) is 56.4 Å². The second-order valence-corrected chi connectivity index (χ2v) is 6.78. The number of halogens is 1. The molecular formula is C17H15ClN2O3S. The standard InChI is InChI=1S/C17H15ClN2O3S/c1-21-13-2-3-14-15(6-13)20-17(19-14)24-8-11-5-12(18)4-10-7-22-9-23-16(10)11/h2-6H,7-9H2,1H3,(H,19,20). The number of benzene rings is 2. The van der Waals surface area contributed by atoms with Gasteiger partial charge in [0, 0.05) is 28.0 Å². The van der Waals surface area contributed by atoms with E-state index < -0.39 is 0 Å². The number of ether oxygens (including phenoxy) is 3. The summed E-state index contributed by atoms with van der Waals surface area (Å²) in [5.74, 6) is 2.38. The number of rotatable bonds is 4. The van der Waals surface area contributed by atoms with Crippen molar-refractivity contribution in [1.82, 2.24) is 9.97 Å². The fourth-order valence-electron chi connectivity index (χ4n) is 2.67. The van der Waals surface area contributed by atoms with Crippen LogP contribution in [0, 0.1) is 0 Å². The first-order valence-electron chi connectivity index (χ1n) is 7.41. The molecule has 0 unspecified atom stereocenters. The SMILES string of the molecule is COc1ccc2nc(SCc3cc(Cl)cc4c3OCOC4)[nH]c2c1. The molecule has 0 saturated carbocycles. The van der Waals surface area contributed by atoms with Crippen LogP contribution in [0.25, 0.3) is 11.0 Å². The third-order valence-electron chi connectivity index (χ3n) is 3.78. The van der Waals surface area contributed by atoms with Crippen LogP contribution in [0.2, 0.25) is 5.02 Å². The number of methoxy groups -OCH3 is 1. The first-order valence-corrected chi connectivity index (χ1v) is 8.77. The van der Waals surface area contributed by atoms with E-state index >= 15 is 0 Å². The summed E-state index contributed by atoms with van der Waals surface area (Å²) in [5.41, 5.74) is 3.90. The minimum absolute atomic E-state index is 0.275. The summed E-state index contributed by atoms with van der Waals surface area (Å²) in [4.78, 5) is 7.90. The Balaban J connectivity index is 1.58. The minimum atomic E-state index is 0.275. The summed E-state index contributed by atoms with van der Waals surface area (Å²) in [6.07, 6.45) is 0. The van der Waals surface area contributed by atoms with Crippen molar-refractivity contribution in [2.45, 2.75) is 17.5 Å². The first kappa shape index (κ1) is 15.6. The van der Waals surface area contributed by atoms with Gasteiger partial charge in [-0.1, -0.05) is 23.4 Å². The van der Waals surface area contributed by atoms with Crippen LogP contribution in [0.5, 0.6) is 11.5 Å². The molecular weight excluding hydrogens is 348 g/mol. The third kappa shape index (κ3) is 3.05. The van der Waals surface area contributed by atoms with Gasteiger partial charge in [0.2, 0.25) is 0 Å². The Morgan fingerprint density at radius 1 is 1.33 bits per heavy atom. The van der Waals surface area contributed by atoms with Crippen molar-refractivity contribution in [1.29, 1.82) is 0 Å². The lowest BCUT2D eigenvalue weighted by Gasteiger charge is -2.20. The highest BCUT2D eigenvalue weighted by molar-refractivity contribution is 7.98. The largest absolute Gasteiger partial charge is 0.497 e. The van der Waals surface area contributed by atoms with E-state index in [2.05, 4.69) is 9.97 Å². The molecule has 124 valence electrons. The fourth-order valence-corrected chi connectivity index (χ4v) is 3.79. The van der Waals surface area contributed by atoms with Crippen LogP contribution in [0.4, 0.5) is 0 Å². The molecule has 4 rings (SSSR count). The van der Waals surface area contributed by atoms with Crippen molar-refractivity contribution in [3.63, 3.8) is 0 Å². The second-order valence-electron chi connectivity index (χ2n) is 5.38. The van der Waals surface area contributed by atoms with Crippen LogP contribution in [-0.4, -0.2) is 23.9 Å². The Morgan fingerprint density at radius 3 is 3.12 bits per heavy atom. The smallest absolute Gasteiger partial charge is 0.189 e. The number of aromatic nitrogens is 2. The predicted molar refractivity (Wildman–Crippen MR) is 93.9 cm³/mol. The zero-order chi connectivity index (χ0) is 16.5. The van der Waals surface area contributed by atoms with Gasteiger partial charge in [-0.05, 0) is 24.3 Å². The normalized spacial score (nSPS) is 13.6. The molecule has 0 saturated heterocycles. The average Bonchev–Trinajstić information content (AvgIpc) is 3.01. The number of hydrogen-bond donors (Lipinski definition) is 1. The first-order chi connectivity index (χ1) is 11.7. The van der Waals surface area contributed by atoms with Crippen molar-refractivity contribution in [2.75, 3.05) is 13.9 Å². The zero-order valence-corrected chi connectivity index (χ0v) is 14.5. The van der Waals surface area contributed by atoms with Crippen molar-refractivity contribution in [3.05, 3.63) is 46.5 Å². The molecule has 0 bridgehead atoms. The number of nitrogens with one attached hydrogen (secondary N) is 1. The summed E-state index contributed by atoms with van der Waals surface area (Å²) < 4.78 is 16.2. The van der Waals surface area contributed by atoms with Gasteiger partial charge < -0.3 is 19.2 Å². The lowest BCUT2D eigenvalue weighted by molar-refractivity contribution is -0.0168. The molecule has 2 aromatic carbocycles. The molecule has 24 heavy (non-hydrogen) atoms. The number of aromatic amines is 1.